The zero-order valence-corrected chi connectivity index (χ0v) is 27.5. The van der Waals surface area contributed by atoms with E-state index in [4.69, 9.17) is 9.16 Å². The molecule has 37 heavy (non-hydrogen) atoms. The van der Waals surface area contributed by atoms with Gasteiger partial charge in [0.05, 0.1) is 30.8 Å². The Morgan fingerprint density at radius 1 is 0.811 bits per heavy atom. The van der Waals surface area contributed by atoms with Gasteiger partial charge in [0.2, 0.25) is 0 Å². The fourth-order valence-electron chi connectivity index (χ4n) is 8.08. The largest absolute Gasteiger partial charge is 1.00 e. The van der Waals surface area contributed by atoms with Crippen molar-refractivity contribution in [2.75, 3.05) is 13.2 Å². The summed E-state index contributed by atoms with van der Waals surface area (Å²) in [5.41, 5.74) is 2.52. The highest BCUT2D eigenvalue weighted by atomic mass is 79.9. The lowest BCUT2D eigenvalue weighted by Crippen LogP contribution is -3.00. The predicted octanol–water partition coefficient (Wildman–Crippen LogP) is 6.05. The van der Waals surface area contributed by atoms with Gasteiger partial charge < -0.3 is 31.3 Å². The second kappa shape index (κ2) is 15.1. The van der Waals surface area contributed by atoms with Crippen LogP contribution in [0.15, 0.2) is 18.2 Å². The van der Waals surface area contributed by atoms with Gasteiger partial charge in [-0.3, -0.25) is 0 Å². The summed E-state index contributed by atoms with van der Waals surface area (Å²) in [6.07, 6.45) is 22.1. The predicted molar refractivity (Wildman–Crippen MR) is 159 cm³/mol. The van der Waals surface area contributed by atoms with Gasteiger partial charge in [-0.15, -0.1) is 0 Å². The van der Waals surface area contributed by atoms with Gasteiger partial charge in [-0.2, -0.15) is 0 Å². The van der Waals surface area contributed by atoms with E-state index in [1.54, 1.807) is 0 Å². The molecule has 0 aromatic heterocycles. The maximum atomic E-state index is 10.9. The number of rotatable bonds is 11. The molecule has 4 rings (SSSR count). The molecule has 0 amide bonds. The molecule has 3 saturated carbocycles. The summed E-state index contributed by atoms with van der Waals surface area (Å²) in [6.45, 7) is 8.35. The molecule has 0 heterocycles. The topological polar surface area (TPSA) is 38.7 Å². The maximum absolute atomic E-state index is 10.9. The van der Waals surface area contributed by atoms with Crippen LogP contribution in [0, 0.1) is 0 Å². The van der Waals surface area contributed by atoms with Gasteiger partial charge >= 0.3 is 0 Å². The zero-order valence-electron chi connectivity index (χ0n) is 24.0. The third kappa shape index (κ3) is 7.77. The number of phenols is 1. The first-order valence-electron chi connectivity index (χ1n) is 15.5. The summed E-state index contributed by atoms with van der Waals surface area (Å²) >= 11 is 0. The SMILES string of the molecule is CCO[Si](C)(C)CCCOc1ccc(O)cc1[P+](C1CCCCC1)(C1CCCCC1)C1CCCCC1.[Br-]. The zero-order chi connectivity index (χ0) is 25.4. The van der Waals surface area contributed by atoms with Crippen LogP contribution in [0.25, 0.3) is 0 Å². The van der Waals surface area contributed by atoms with E-state index in [-0.39, 0.29) is 17.0 Å². The first kappa shape index (κ1) is 31.4. The summed E-state index contributed by atoms with van der Waals surface area (Å²) in [5, 5.41) is 12.4. The summed E-state index contributed by atoms with van der Waals surface area (Å²) in [6, 6.07) is 7.37. The third-order valence-electron chi connectivity index (χ3n) is 9.61. The molecule has 0 radical (unpaired) electrons. The van der Waals surface area contributed by atoms with Crippen molar-refractivity contribution >= 4 is 20.9 Å². The van der Waals surface area contributed by atoms with Gasteiger partial charge in [-0.05, 0) is 122 Å². The molecule has 6 heteroatoms. The molecule has 1 aromatic rings. The first-order valence-corrected chi connectivity index (χ1v) is 20.6. The summed E-state index contributed by atoms with van der Waals surface area (Å²) in [5.74, 6) is 1.58. The molecule has 0 saturated heterocycles. The first-order chi connectivity index (χ1) is 17.5. The van der Waals surface area contributed by atoms with Crippen LogP contribution in [0.2, 0.25) is 19.1 Å². The van der Waals surface area contributed by atoms with E-state index in [0.717, 1.165) is 48.4 Å². The average Bonchev–Trinajstić information content (AvgIpc) is 2.90. The lowest BCUT2D eigenvalue weighted by Gasteiger charge is -2.49. The lowest BCUT2D eigenvalue weighted by atomic mass is 9.99. The number of benzene rings is 1. The van der Waals surface area contributed by atoms with Crippen LogP contribution >= 0.6 is 7.26 Å². The molecule has 0 aliphatic heterocycles. The Labute approximate surface area is 240 Å². The minimum atomic E-state index is -1.59. The van der Waals surface area contributed by atoms with E-state index in [0.29, 0.717) is 5.75 Å². The highest BCUT2D eigenvalue weighted by Gasteiger charge is 2.60. The van der Waals surface area contributed by atoms with E-state index in [1.807, 2.05) is 6.07 Å². The van der Waals surface area contributed by atoms with Crippen LogP contribution < -0.4 is 27.0 Å². The Bertz CT molecular complexity index is 756. The number of aromatic hydroxyl groups is 1. The summed E-state index contributed by atoms with van der Waals surface area (Å²) in [7, 11) is -3.13. The summed E-state index contributed by atoms with van der Waals surface area (Å²) in [4.78, 5) is 0. The van der Waals surface area contributed by atoms with Crippen molar-refractivity contribution in [2.24, 2.45) is 0 Å². The summed E-state index contributed by atoms with van der Waals surface area (Å²) < 4.78 is 12.8. The normalized spacial score (nSPS) is 20.9. The molecule has 0 spiro atoms. The van der Waals surface area contributed by atoms with Gasteiger partial charge in [0, 0.05) is 12.7 Å². The van der Waals surface area contributed by atoms with Crippen molar-refractivity contribution in [3.63, 3.8) is 0 Å². The maximum Gasteiger partial charge on any atom is 0.186 e. The van der Waals surface area contributed by atoms with Gasteiger partial charge in [0.1, 0.15) is 11.1 Å². The Kier molecular flexibility index (Phi) is 12.8. The van der Waals surface area contributed by atoms with Gasteiger partial charge in [-0.25, -0.2) is 0 Å². The van der Waals surface area contributed by atoms with Crippen LogP contribution in [0.5, 0.6) is 11.5 Å². The Balaban J connectivity index is 0.00000380. The number of halogens is 1. The standard InChI is InChI=1S/C31H53O3PSi.BrH/c1-4-34-36(2,3)24-14-23-33-30-22-21-26(32)25-31(30)35(27-15-8-5-9-16-27,28-17-10-6-11-18-28)29-19-12-7-13-20-29;/h21-22,25,27-29H,4-20,23-24H2,1-3H3;1H. The quantitative estimate of drug-likeness (QED) is 0.188. The Morgan fingerprint density at radius 3 is 1.76 bits per heavy atom. The third-order valence-corrected chi connectivity index (χ3v) is 18.6. The van der Waals surface area contributed by atoms with E-state index >= 15 is 0 Å². The minimum Gasteiger partial charge on any atom is -1.00 e. The second-order valence-electron chi connectivity index (χ2n) is 12.5. The Morgan fingerprint density at radius 2 is 1.30 bits per heavy atom. The van der Waals surface area contributed by atoms with Crippen LogP contribution in [-0.2, 0) is 4.43 Å². The Hall–Kier alpha value is -0.0931. The fourth-order valence-corrected chi connectivity index (χ4v) is 17.5. The number of phenolic OH excluding ortho intramolecular Hbond substituents is 1. The van der Waals surface area contributed by atoms with Crippen LogP contribution in [0.3, 0.4) is 0 Å². The molecule has 3 nitrogen and oxygen atoms in total. The molecular weight excluding hydrogens is 559 g/mol. The molecular formula is C31H54BrO3PSi. The molecule has 3 fully saturated rings. The van der Waals surface area contributed by atoms with Crippen LogP contribution in [0.4, 0.5) is 0 Å². The van der Waals surface area contributed by atoms with E-state index < -0.39 is 15.6 Å². The van der Waals surface area contributed by atoms with E-state index in [1.165, 1.54) is 102 Å². The highest BCUT2D eigenvalue weighted by molar-refractivity contribution is 7.85. The van der Waals surface area contributed by atoms with Crippen molar-refractivity contribution < 1.29 is 31.3 Å². The minimum absolute atomic E-state index is 0. The van der Waals surface area contributed by atoms with Gasteiger partial charge in [0.25, 0.3) is 0 Å². The smallest absolute Gasteiger partial charge is 0.186 e. The van der Waals surface area contributed by atoms with E-state index in [2.05, 4.69) is 32.2 Å². The molecule has 212 valence electrons. The highest BCUT2D eigenvalue weighted by Crippen LogP contribution is 2.77. The number of ether oxygens (including phenoxy) is 1. The number of hydrogen-bond acceptors (Lipinski definition) is 3. The van der Waals surface area contributed by atoms with Crippen molar-refractivity contribution in [1.82, 2.24) is 0 Å². The van der Waals surface area contributed by atoms with Crippen molar-refractivity contribution in [1.29, 1.82) is 0 Å². The molecule has 0 atom stereocenters. The van der Waals surface area contributed by atoms with Crippen molar-refractivity contribution in [2.45, 2.75) is 146 Å². The van der Waals surface area contributed by atoms with Gasteiger partial charge in [0.15, 0.2) is 14.1 Å². The monoisotopic (exact) mass is 612 g/mol. The molecule has 3 aliphatic carbocycles. The molecule has 1 aromatic carbocycles. The van der Waals surface area contributed by atoms with E-state index in [9.17, 15) is 5.11 Å². The molecule has 0 bridgehead atoms. The average molecular weight is 614 g/mol. The molecule has 0 unspecified atom stereocenters. The van der Waals surface area contributed by atoms with Crippen molar-refractivity contribution in [3.05, 3.63) is 18.2 Å². The van der Waals surface area contributed by atoms with Gasteiger partial charge in [-0.1, -0.05) is 19.3 Å². The van der Waals surface area contributed by atoms with Crippen molar-refractivity contribution in [3.8, 4) is 11.5 Å². The fraction of sp³-hybridized carbons (Fsp3) is 0.806. The van der Waals surface area contributed by atoms with Crippen LogP contribution in [-0.4, -0.2) is 43.6 Å². The molecule has 3 aliphatic rings. The lowest BCUT2D eigenvalue weighted by molar-refractivity contribution is -0.0000102. The molecule has 1 N–H and O–H groups in total. The number of hydrogen-bond donors (Lipinski definition) is 1. The van der Waals surface area contributed by atoms with Crippen LogP contribution in [0.1, 0.15) is 110 Å². The second-order valence-corrected chi connectivity index (χ2v) is 21.2.